The number of carbonyl (C=O) groups excluding carboxylic acids is 2. The molecule has 5 rings (SSSR count). The number of amides is 1. The van der Waals surface area contributed by atoms with Gasteiger partial charge in [0.25, 0.3) is 0 Å². The minimum absolute atomic E-state index is 0.00922. The molecule has 1 atom stereocenters. The van der Waals surface area contributed by atoms with Crippen molar-refractivity contribution < 1.29 is 23.5 Å². The summed E-state index contributed by atoms with van der Waals surface area (Å²) < 4.78 is 16.3. The Bertz CT molecular complexity index is 1690. The van der Waals surface area contributed by atoms with Gasteiger partial charge in [-0.05, 0) is 28.3 Å². The van der Waals surface area contributed by atoms with Crippen LogP contribution in [0.15, 0.2) is 118 Å². The van der Waals surface area contributed by atoms with E-state index in [0.717, 1.165) is 16.7 Å². The summed E-state index contributed by atoms with van der Waals surface area (Å²) in [5.41, 5.74) is 2.69. The van der Waals surface area contributed by atoms with Gasteiger partial charge in [-0.3, -0.25) is 0 Å². The molecule has 200 valence electrons. The first-order valence-electron chi connectivity index (χ1n) is 12.5. The van der Waals surface area contributed by atoms with E-state index in [1.807, 2.05) is 91.0 Å². The Hall–Kier alpha value is -4.88. The van der Waals surface area contributed by atoms with Crippen LogP contribution in [0.1, 0.15) is 11.1 Å². The summed E-state index contributed by atoms with van der Waals surface area (Å²) in [6.45, 7) is 0.0407. The van der Waals surface area contributed by atoms with E-state index in [1.54, 1.807) is 6.07 Å². The average Bonchev–Trinajstić information content (AvgIpc) is 2.97. The Balaban J connectivity index is 1.39. The number of fused-ring (bicyclic) bond motifs is 1. The number of carbonyl (C=O) groups is 2. The van der Waals surface area contributed by atoms with Gasteiger partial charge in [-0.15, -0.1) is 0 Å². The summed E-state index contributed by atoms with van der Waals surface area (Å²) in [6, 6.07) is 31.0. The van der Waals surface area contributed by atoms with Crippen LogP contribution < -0.4 is 15.7 Å². The van der Waals surface area contributed by atoms with Crippen LogP contribution in [0.4, 0.5) is 4.79 Å². The molecule has 0 aliphatic carbocycles. The highest BCUT2D eigenvalue weighted by Gasteiger charge is 2.25. The molecule has 1 amide bonds. The van der Waals surface area contributed by atoms with E-state index >= 15 is 0 Å². The lowest BCUT2D eigenvalue weighted by Crippen LogP contribution is -2.44. The molecule has 1 aromatic heterocycles. The second-order valence-electron chi connectivity index (χ2n) is 8.99. The van der Waals surface area contributed by atoms with Gasteiger partial charge >= 0.3 is 17.7 Å². The minimum atomic E-state index is -1.08. The first kappa shape index (κ1) is 26.7. The van der Waals surface area contributed by atoms with Gasteiger partial charge < -0.3 is 19.2 Å². The lowest BCUT2D eigenvalue weighted by molar-refractivity contribution is -0.136. The third kappa shape index (κ3) is 6.57. The van der Waals surface area contributed by atoms with Gasteiger partial charge in [0, 0.05) is 23.9 Å². The van der Waals surface area contributed by atoms with Gasteiger partial charge in [-0.2, -0.15) is 0 Å². The number of nitrogens with one attached hydrogen (secondary N) is 1. The zero-order valence-corrected chi connectivity index (χ0v) is 22.0. The summed E-state index contributed by atoms with van der Waals surface area (Å²) in [7, 11) is 0. The van der Waals surface area contributed by atoms with Gasteiger partial charge in [0.1, 0.15) is 18.2 Å². The van der Waals surface area contributed by atoms with E-state index in [0.29, 0.717) is 10.9 Å². The highest BCUT2D eigenvalue weighted by Crippen LogP contribution is 2.35. The lowest BCUT2D eigenvalue weighted by Gasteiger charge is -2.18. The van der Waals surface area contributed by atoms with Gasteiger partial charge in [-0.1, -0.05) is 103 Å². The van der Waals surface area contributed by atoms with E-state index in [9.17, 15) is 14.4 Å². The summed E-state index contributed by atoms with van der Waals surface area (Å²) in [6.07, 6.45) is -0.622. The second kappa shape index (κ2) is 12.3. The van der Waals surface area contributed by atoms with Crippen molar-refractivity contribution in [3.05, 3.63) is 136 Å². The molecule has 5 aromatic rings. The summed E-state index contributed by atoms with van der Waals surface area (Å²) in [5, 5.41) is 3.32. The molecule has 8 heteroatoms. The third-order valence-corrected chi connectivity index (χ3v) is 6.46. The Labute approximate surface area is 234 Å². The number of halogens is 1. The molecule has 0 radical (unpaired) electrons. The average molecular weight is 554 g/mol. The molecule has 0 aliphatic heterocycles. The van der Waals surface area contributed by atoms with E-state index < -0.39 is 23.7 Å². The van der Waals surface area contributed by atoms with Gasteiger partial charge in [0.15, 0.2) is 5.75 Å². The number of hydrogen-bond acceptors (Lipinski definition) is 6. The van der Waals surface area contributed by atoms with E-state index in [-0.39, 0.29) is 29.4 Å². The predicted molar refractivity (Wildman–Crippen MR) is 152 cm³/mol. The molecular formula is C32H24ClNO6. The van der Waals surface area contributed by atoms with Crippen molar-refractivity contribution in [3.8, 4) is 16.9 Å². The molecule has 4 aromatic carbocycles. The molecule has 0 unspecified atom stereocenters. The van der Waals surface area contributed by atoms with Crippen molar-refractivity contribution in [2.75, 3.05) is 0 Å². The fraction of sp³-hybridized carbons (Fsp3) is 0.0938. The summed E-state index contributed by atoms with van der Waals surface area (Å²) in [5.74, 6) is -0.770. The molecule has 0 saturated heterocycles. The third-order valence-electron chi connectivity index (χ3n) is 6.16. The fourth-order valence-electron chi connectivity index (χ4n) is 4.23. The Morgan fingerprint density at radius 3 is 2.12 bits per heavy atom. The molecule has 0 spiro atoms. The van der Waals surface area contributed by atoms with Gasteiger partial charge in [-0.25, -0.2) is 14.4 Å². The molecular weight excluding hydrogens is 530 g/mol. The van der Waals surface area contributed by atoms with Gasteiger partial charge in [0.05, 0.1) is 5.02 Å². The monoisotopic (exact) mass is 553 g/mol. The summed E-state index contributed by atoms with van der Waals surface area (Å²) >= 11 is 6.53. The van der Waals surface area contributed by atoms with Crippen LogP contribution in [0.5, 0.6) is 5.75 Å². The predicted octanol–water partition coefficient (Wildman–Crippen LogP) is 6.56. The van der Waals surface area contributed by atoms with Crippen LogP contribution >= 0.6 is 11.6 Å². The van der Waals surface area contributed by atoms with Crippen molar-refractivity contribution in [2.45, 2.75) is 19.1 Å². The highest BCUT2D eigenvalue weighted by molar-refractivity contribution is 6.33. The molecule has 0 bridgehead atoms. The Morgan fingerprint density at radius 1 is 0.825 bits per heavy atom. The standard InChI is InChI=1S/C32H24ClNO6/c33-26-17-25-24(23-14-8-3-9-15-23)18-30(35)39-28(25)19-29(26)40-31(36)27(16-21-10-4-1-5-11-21)34-32(37)38-20-22-12-6-2-7-13-22/h1-15,17-19,27H,16,20H2,(H,34,37)/t27-/m1/s1. The van der Waals surface area contributed by atoms with Crippen LogP contribution in [0.2, 0.25) is 5.02 Å². The van der Waals surface area contributed by atoms with E-state index in [2.05, 4.69) is 5.32 Å². The van der Waals surface area contributed by atoms with Gasteiger partial charge in [0.2, 0.25) is 0 Å². The quantitative estimate of drug-likeness (QED) is 0.133. The van der Waals surface area contributed by atoms with E-state index in [4.69, 9.17) is 25.5 Å². The summed E-state index contributed by atoms with van der Waals surface area (Å²) in [4.78, 5) is 38.3. The number of alkyl carbamates (subject to hydrolysis) is 1. The SMILES string of the molecule is O=C(N[C@H](Cc1ccccc1)C(=O)Oc1cc2oc(=O)cc(-c3ccccc3)c2cc1Cl)OCc1ccccc1. The second-order valence-corrected chi connectivity index (χ2v) is 9.40. The van der Waals surface area contributed by atoms with Crippen molar-refractivity contribution in [2.24, 2.45) is 0 Å². The van der Waals surface area contributed by atoms with Crippen molar-refractivity contribution in [1.29, 1.82) is 0 Å². The normalized spacial score (nSPS) is 11.5. The van der Waals surface area contributed by atoms with Crippen LogP contribution in [0.3, 0.4) is 0 Å². The maximum absolute atomic E-state index is 13.3. The molecule has 1 N–H and O–H groups in total. The van der Waals surface area contributed by atoms with Crippen LogP contribution in [-0.2, 0) is 22.6 Å². The molecule has 40 heavy (non-hydrogen) atoms. The maximum atomic E-state index is 13.3. The first-order valence-corrected chi connectivity index (χ1v) is 12.9. The lowest BCUT2D eigenvalue weighted by atomic mass is 10.0. The van der Waals surface area contributed by atoms with E-state index in [1.165, 1.54) is 12.1 Å². The molecule has 0 fully saturated rings. The zero-order chi connectivity index (χ0) is 27.9. The van der Waals surface area contributed by atoms with Crippen molar-refractivity contribution in [3.63, 3.8) is 0 Å². The smallest absolute Gasteiger partial charge is 0.408 e. The maximum Gasteiger partial charge on any atom is 0.408 e. The molecule has 0 aliphatic rings. The Morgan fingerprint density at radius 2 is 1.45 bits per heavy atom. The molecule has 1 heterocycles. The number of rotatable bonds is 8. The largest absolute Gasteiger partial charge is 0.445 e. The zero-order valence-electron chi connectivity index (χ0n) is 21.2. The molecule has 0 saturated carbocycles. The number of esters is 1. The Kier molecular flexibility index (Phi) is 8.23. The number of ether oxygens (including phenoxy) is 2. The van der Waals surface area contributed by atoms with Crippen LogP contribution in [0.25, 0.3) is 22.1 Å². The number of hydrogen-bond donors (Lipinski definition) is 1. The topological polar surface area (TPSA) is 94.8 Å². The van der Waals surface area contributed by atoms with Crippen LogP contribution in [-0.4, -0.2) is 18.1 Å². The van der Waals surface area contributed by atoms with Crippen molar-refractivity contribution >= 4 is 34.6 Å². The first-order chi connectivity index (χ1) is 19.5. The van der Waals surface area contributed by atoms with Crippen LogP contribution in [0, 0.1) is 0 Å². The minimum Gasteiger partial charge on any atom is -0.445 e. The van der Waals surface area contributed by atoms with Crippen molar-refractivity contribution in [1.82, 2.24) is 5.32 Å². The highest BCUT2D eigenvalue weighted by atomic mass is 35.5. The number of benzene rings is 4. The molecule has 7 nitrogen and oxygen atoms in total. The fourth-order valence-corrected chi connectivity index (χ4v) is 4.43.